The Kier molecular flexibility index (Phi) is 4.10. The summed E-state index contributed by atoms with van der Waals surface area (Å²) >= 11 is 1.66. The van der Waals surface area contributed by atoms with E-state index >= 15 is 0 Å². The Hall–Kier alpha value is -1.60. The largest absolute Gasteiger partial charge is 0.334 e. The Labute approximate surface area is 133 Å². The topological polar surface area (TPSA) is 66.5 Å². The maximum atomic E-state index is 12.2. The summed E-state index contributed by atoms with van der Waals surface area (Å²) in [6.45, 7) is 0.509. The van der Waals surface area contributed by atoms with E-state index in [0.717, 1.165) is 10.9 Å². The molecular weight excluding hydrogens is 320 g/mol. The van der Waals surface area contributed by atoms with Crippen LogP contribution in [0.1, 0.15) is 12.0 Å². The molecule has 1 aliphatic rings. The summed E-state index contributed by atoms with van der Waals surface area (Å²) in [4.78, 5) is 13.8. The molecule has 118 valence electrons. The number of thiophene rings is 1. The molecule has 0 saturated carbocycles. The number of benzene rings is 1. The quantitative estimate of drug-likeness (QED) is 0.933. The number of carbonyl (C=O) groups is 1. The fourth-order valence-corrected chi connectivity index (χ4v) is 5.30. The summed E-state index contributed by atoms with van der Waals surface area (Å²) in [6.07, 6.45) is 0.503. The van der Waals surface area contributed by atoms with E-state index in [0.29, 0.717) is 13.0 Å². The predicted octanol–water partition coefficient (Wildman–Crippen LogP) is 2.23. The second kappa shape index (κ2) is 5.89. The molecule has 1 aromatic heterocycles. The van der Waals surface area contributed by atoms with Gasteiger partial charge in [-0.05, 0) is 28.8 Å². The Bertz CT molecular complexity index is 798. The van der Waals surface area contributed by atoms with Gasteiger partial charge in [0.25, 0.3) is 0 Å². The van der Waals surface area contributed by atoms with Crippen molar-refractivity contribution in [2.75, 3.05) is 18.6 Å². The number of nitrogens with zero attached hydrogens (tertiary/aromatic N) is 1. The molecule has 2 amide bonds. The van der Waals surface area contributed by atoms with E-state index in [-0.39, 0.29) is 23.6 Å². The van der Waals surface area contributed by atoms with Crippen molar-refractivity contribution >= 4 is 37.3 Å². The standard InChI is InChI=1S/C15H18N2O3S2/c1-17(15(18)16-12-6-7-22(19,20)10-12)8-11-9-21-14-5-3-2-4-13(11)14/h2-5,9,12H,6-8,10H2,1H3,(H,16,18)/t12-/m1/s1. The highest BCUT2D eigenvalue weighted by Crippen LogP contribution is 2.26. The van der Waals surface area contributed by atoms with Gasteiger partial charge in [-0.25, -0.2) is 13.2 Å². The summed E-state index contributed by atoms with van der Waals surface area (Å²) in [5.41, 5.74) is 1.11. The fraction of sp³-hybridized carbons (Fsp3) is 0.400. The zero-order valence-electron chi connectivity index (χ0n) is 12.3. The van der Waals surface area contributed by atoms with Gasteiger partial charge >= 0.3 is 6.03 Å². The maximum absolute atomic E-state index is 12.2. The number of nitrogens with one attached hydrogen (secondary N) is 1. The second-order valence-corrected chi connectivity index (χ2v) is 8.80. The first-order valence-electron chi connectivity index (χ1n) is 7.12. The van der Waals surface area contributed by atoms with E-state index < -0.39 is 9.84 Å². The van der Waals surface area contributed by atoms with E-state index in [1.165, 1.54) is 4.70 Å². The molecule has 0 bridgehead atoms. The van der Waals surface area contributed by atoms with E-state index in [9.17, 15) is 13.2 Å². The lowest BCUT2D eigenvalue weighted by molar-refractivity contribution is 0.204. The van der Waals surface area contributed by atoms with Crippen molar-refractivity contribution in [3.63, 3.8) is 0 Å². The zero-order chi connectivity index (χ0) is 15.7. The number of rotatable bonds is 3. The average Bonchev–Trinajstić information content (AvgIpc) is 3.03. The van der Waals surface area contributed by atoms with Crippen molar-refractivity contribution in [1.29, 1.82) is 0 Å². The monoisotopic (exact) mass is 338 g/mol. The van der Waals surface area contributed by atoms with Gasteiger partial charge in [-0.1, -0.05) is 18.2 Å². The molecule has 0 radical (unpaired) electrons. The number of carbonyl (C=O) groups excluding carboxylic acids is 1. The number of amides is 2. The lowest BCUT2D eigenvalue weighted by Crippen LogP contribution is -2.43. The Balaban J connectivity index is 1.64. The summed E-state index contributed by atoms with van der Waals surface area (Å²) in [5, 5.41) is 6.03. The molecule has 7 heteroatoms. The molecule has 2 heterocycles. The van der Waals surface area contributed by atoms with Gasteiger partial charge in [0.1, 0.15) is 0 Å². The minimum Gasteiger partial charge on any atom is -0.334 e. The van der Waals surface area contributed by atoms with Gasteiger partial charge in [0.2, 0.25) is 0 Å². The summed E-state index contributed by atoms with van der Waals surface area (Å²) < 4.78 is 24.1. The first kappa shape index (κ1) is 15.3. The van der Waals surface area contributed by atoms with Crippen molar-refractivity contribution < 1.29 is 13.2 Å². The van der Waals surface area contributed by atoms with Crippen molar-refractivity contribution in [3.8, 4) is 0 Å². The molecule has 1 aromatic carbocycles. The first-order valence-corrected chi connectivity index (χ1v) is 9.82. The third kappa shape index (κ3) is 3.25. The Morgan fingerprint density at radius 2 is 2.18 bits per heavy atom. The summed E-state index contributed by atoms with van der Waals surface area (Å²) in [5.74, 6) is 0.213. The van der Waals surface area contributed by atoms with Gasteiger partial charge < -0.3 is 10.2 Å². The van der Waals surface area contributed by atoms with Crippen LogP contribution in [0.25, 0.3) is 10.1 Å². The Morgan fingerprint density at radius 1 is 1.41 bits per heavy atom. The highest BCUT2D eigenvalue weighted by Gasteiger charge is 2.29. The SMILES string of the molecule is CN(Cc1csc2ccccc12)C(=O)N[C@@H]1CCS(=O)(=O)C1. The molecule has 0 aliphatic carbocycles. The minimum atomic E-state index is -2.98. The number of fused-ring (bicyclic) bond motifs is 1. The smallest absolute Gasteiger partial charge is 0.317 e. The van der Waals surface area contributed by atoms with Gasteiger partial charge in [0.05, 0.1) is 11.5 Å². The van der Waals surface area contributed by atoms with Crippen LogP contribution in [0.2, 0.25) is 0 Å². The number of hydrogen-bond acceptors (Lipinski definition) is 4. The highest BCUT2D eigenvalue weighted by atomic mass is 32.2. The van der Waals surface area contributed by atoms with Crippen molar-refractivity contribution in [3.05, 3.63) is 35.2 Å². The molecule has 1 N–H and O–H groups in total. The Morgan fingerprint density at radius 3 is 2.91 bits per heavy atom. The highest BCUT2D eigenvalue weighted by molar-refractivity contribution is 7.91. The van der Waals surface area contributed by atoms with Crippen LogP contribution in [-0.2, 0) is 16.4 Å². The molecule has 2 aromatic rings. The second-order valence-electron chi connectivity index (χ2n) is 5.66. The van der Waals surface area contributed by atoms with Gasteiger partial charge in [-0.15, -0.1) is 11.3 Å². The molecule has 1 fully saturated rings. The molecule has 1 atom stereocenters. The van der Waals surface area contributed by atoms with Crippen LogP contribution in [0.5, 0.6) is 0 Å². The molecular formula is C15H18N2O3S2. The van der Waals surface area contributed by atoms with Gasteiger partial charge in [0, 0.05) is 24.3 Å². The van der Waals surface area contributed by atoms with Crippen LogP contribution in [-0.4, -0.2) is 43.9 Å². The van der Waals surface area contributed by atoms with Gasteiger partial charge in [-0.3, -0.25) is 0 Å². The van der Waals surface area contributed by atoms with Gasteiger partial charge in [0.15, 0.2) is 9.84 Å². The number of hydrogen-bond donors (Lipinski definition) is 1. The van der Waals surface area contributed by atoms with E-state index in [1.54, 1.807) is 23.3 Å². The molecule has 3 rings (SSSR count). The van der Waals surface area contributed by atoms with Crippen LogP contribution in [0.3, 0.4) is 0 Å². The van der Waals surface area contributed by atoms with Crippen molar-refractivity contribution in [2.45, 2.75) is 19.0 Å². The van der Waals surface area contributed by atoms with Crippen LogP contribution < -0.4 is 5.32 Å². The zero-order valence-corrected chi connectivity index (χ0v) is 13.9. The summed E-state index contributed by atoms with van der Waals surface area (Å²) in [7, 11) is -1.25. The molecule has 0 unspecified atom stereocenters. The number of urea groups is 1. The number of sulfone groups is 1. The average molecular weight is 338 g/mol. The fourth-order valence-electron chi connectivity index (χ4n) is 2.68. The molecule has 1 saturated heterocycles. The molecule has 1 aliphatic heterocycles. The third-order valence-corrected chi connectivity index (χ3v) is 6.66. The van der Waals surface area contributed by atoms with Crippen molar-refractivity contribution in [2.24, 2.45) is 0 Å². The minimum absolute atomic E-state index is 0.0496. The van der Waals surface area contributed by atoms with E-state index in [2.05, 4.69) is 22.8 Å². The summed E-state index contributed by atoms with van der Waals surface area (Å²) in [6, 6.07) is 7.61. The predicted molar refractivity (Wildman–Crippen MR) is 88.9 cm³/mol. The lowest BCUT2D eigenvalue weighted by Gasteiger charge is -2.20. The third-order valence-electron chi connectivity index (χ3n) is 3.88. The molecule has 5 nitrogen and oxygen atoms in total. The van der Waals surface area contributed by atoms with Crippen LogP contribution in [0, 0.1) is 0 Å². The maximum Gasteiger partial charge on any atom is 0.317 e. The van der Waals surface area contributed by atoms with Crippen molar-refractivity contribution in [1.82, 2.24) is 10.2 Å². The first-order chi connectivity index (χ1) is 10.4. The van der Waals surface area contributed by atoms with Crippen LogP contribution in [0.4, 0.5) is 4.79 Å². The van der Waals surface area contributed by atoms with Crippen LogP contribution >= 0.6 is 11.3 Å². The van der Waals surface area contributed by atoms with E-state index in [1.807, 2.05) is 12.1 Å². The van der Waals surface area contributed by atoms with Gasteiger partial charge in [-0.2, -0.15) is 0 Å². The van der Waals surface area contributed by atoms with Crippen LogP contribution in [0.15, 0.2) is 29.6 Å². The molecule has 0 spiro atoms. The lowest BCUT2D eigenvalue weighted by atomic mass is 10.2. The normalized spacial score (nSPS) is 20.1. The molecule has 22 heavy (non-hydrogen) atoms. The van der Waals surface area contributed by atoms with E-state index in [4.69, 9.17) is 0 Å².